The highest BCUT2D eigenvalue weighted by molar-refractivity contribution is 6.01. The molecule has 0 aromatic heterocycles. The Labute approximate surface area is 237 Å². The zero-order valence-corrected chi connectivity index (χ0v) is 24.7. The number of hydrogen-bond acceptors (Lipinski definition) is 6. The molecule has 10 heteroatoms. The van der Waals surface area contributed by atoms with Crippen LogP contribution in [0.3, 0.4) is 0 Å². The molecule has 0 spiro atoms. The Bertz CT molecular complexity index is 1080. The molecule has 3 rings (SSSR count). The summed E-state index contributed by atoms with van der Waals surface area (Å²) in [6.07, 6.45) is 2.07. The van der Waals surface area contributed by atoms with E-state index in [4.69, 9.17) is 0 Å². The van der Waals surface area contributed by atoms with E-state index < -0.39 is 24.2 Å². The predicted octanol–water partition coefficient (Wildman–Crippen LogP) is 2.36. The van der Waals surface area contributed by atoms with Gasteiger partial charge in [0.1, 0.15) is 18.1 Å². The summed E-state index contributed by atoms with van der Waals surface area (Å²) in [5.74, 6) is -1.29. The van der Waals surface area contributed by atoms with Crippen LogP contribution in [-0.4, -0.2) is 89.6 Å². The average molecular weight is 556 g/mol. The summed E-state index contributed by atoms with van der Waals surface area (Å²) >= 11 is 0. The van der Waals surface area contributed by atoms with Crippen LogP contribution < -0.4 is 15.5 Å². The van der Waals surface area contributed by atoms with Crippen LogP contribution in [0.5, 0.6) is 0 Å². The number of hydrogen-bond donors (Lipinski definition) is 2. The number of likely N-dealkylation sites (tertiary alicyclic amines) is 2. The third kappa shape index (κ3) is 7.01. The van der Waals surface area contributed by atoms with Gasteiger partial charge in [-0.15, -0.1) is 0 Å². The molecule has 2 aliphatic heterocycles. The van der Waals surface area contributed by atoms with Crippen molar-refractivity contribution in [3.63, 3.8) is 0 Å². The summed E-state index contributed by atoms with van der Waals surface area (Å²) in [7, 11) is 0. The van der Waals surface area contributed by atoms with Gasteiger partial charge < -0.3 is 25.3 Å². The standard InChI is InChI=1S/C30H45N5O5/c1-7-10-23(31-20(6)36)29(39)35-18-26(37)27-25(35)15-16-34(27)30(40)24(17-19(4)5)32-28(38)21-11-13-22(14-12-21)33(8-2)9-3/h11-14,19,23-25,27H,7-10,15-18H2,1-6H3,(H,31,36)(H,32,38). The molecule has 0 aliphatic carbocycles. The van der Waals surface area contributed by atoms with Crippen LogP contribution in [0.15, 0.2) is 24.3 Å². The van der Waals surface area contributed by atoms with Crippen LogP contribution in [0, 0.1) is 5.92 Å². The van der Waals surface area contributed by atoms with Crippen molar-refractivity contribution in [2.75, 3.05) is 31.1 Å². The second-order valence-corrected chi connectivity index (χ2v) is 11.2. The van der Waals surface area contributed by atoms with E-state index in [0.717, 1.165) is 18.8 Å². The van der Waals surface area contributed by atoms with Gasteiger partial charge >= 0.3 is 0 Å². The van der Waals surface area contributed by atoms with E-state index in [9.17, 15) is 24.0 Å². The Morgan fingerprint density at radius 2 is 1.57 bits per heavy atom. The molecule has 2 heterocycles. The van der Waals surface area contributed by atoms with Crippen molar-refractivity contribution in [3.05, 3.63) is 29.8 Å². The first-order chi connectivity index (χ1) is 19.0. The van der Waals surface area contributed by atoms with Crippen LogP contribution in [0.2, 0.25) is 0 Å². The van der Waals surface area contributed by atoms with E-state index in [1.807, 2.05) is 32.9 Å². The summed E-state index contributed by atoms with van der Waals surface area (Å²) in [5, 5.41) is 5.63. The fourth-order valence-corrected chi connectivity index (χ4v) is 5.90. The lowest BCUT2D eigenvalue weighted by atomic mass is 10.0. The number of nitrogens with one attached hydrogen (secondary N) is 2. The van der Waals surface area contributed by atoms with E-state index in [2.05, 4.69) is 29.4 Å². The number of nitrogens with zero attached hydrogens (tertiary/aromatic N) is 3. The zero-order valence-electron chi connectivity index (χ0n) is 24.7. The maximum absolute atomic E-state index is 13.8. The topological polar surface area (TPSA) is 119 Å². The molecule has 0 radical (unpaired) electrons. The largest absolute Gasteiger partial charge is 0.372 e. The Morgan fingerprint density at radius 3 is 2.12 bits per heavy atom. The SMILES string of the molecule is CCCC(NC(C)=O)C(=O)N1CC(=O)C2C1CCN2C(=O)C(CC(C)C)NC(=O)c1ccc(N(CC)CC)cc1. The van der Waals surface area contributed by atoms with Gasteiger partial charge in [0.15, 0.2) is 5.78 Å². The highest BCUT2D eigenvalue weighted by Gasteiger charge is 2.53. The molecule has 2 N–H and O–H groups in total. The van der Waals surface area contributed by atoms with Crippen molar-refractivity contribution in [3.8, 4) is 0 Å². The molecule has 4 atom stereocenters. The third-order valence-electron chi connectivity index (χ3n) is 7.81. The Hall–Kier alpha value is -3.43. The van der Waals surface area contributed by atoms with E-state index in [1.165, 1.54) is 11.8 Å². The van der Waals surface area contributed by atoms with Gasteiger partial charge in [-0.3, -0.25) is 24.0 Å². The minimum atomic E-state index is -0.793. The van der Waals surface area contributed by atoms with Crippen molar-refractivity contribution in [1.29, 1.82) is 0 Å². The Morgan fingerprint density at radius 1 is 0.950 bits per heavy atom. The lowest BCUT2D eigenvalue weighted by molar-refractivity contribution is -0.138. The first-order valence-corrected chi connectivity index (χ1v) is 14.6. The quantitative estimate of drug-likeness (QED) is 0.409. The van der Waals surface area contributed by atoms with Crippen molar-refractivity contribution in [2.45, 2.75) is 91.4 Å². The van der Waals surface area contributed by atoms with Crippen molar-refractivity contribution >= 4 is 35.1 Å². The number of carbonyl (C=O) groups is 5. The van der Waals surface area contributed by atoms with Gasteiger partial charge in [-0.25, -0.2) is 0 Å². The molecular weight excluding hydrogens is 510 g/mol. The molecule has 2 saturated heterocycles. The molecular formula is C30H45N5O5. The summed E-state index contributed by atoms with van der Waals surface area (Å²) in [4.78, 5) is 70.4. The predicted molar refractivity (Wildman–Crippen MR) is 154 cm³/mol. The normalized spacial score (nSPS) is 19.8. The lowest BCUT2D eigenvalue weighted by Crippen LogP contribution is -2.53. The van der Waals surface area contributed by atoms with Crippen LogP contribution in [-0.2, 0) is 19.2 Å². The fraction of sp³-hybridized carbons (Fsp3) is 0.633. The smallest absolute Gasteiger partial charge is 0.251 e. The molecule has 220 valence electrons. The molecule has 4 amide bonds. The summed E-state index contributed by atoms with van der Waals surface area (Å²) in [6, 6.07) is 4.67. The third-order valence-corrected chi connectivity index (χ3v) is 7.81. The molecule has 4 unspecified atom stereocenters. The van der Waals surface area contributed by atoms with Gasteiger partial charge in [0.2, 0.25) is 17.7 Å². The first kappa shape index (κ1) is 31.1. The number of ketones is 1. The summed E-state index contributed by atoms with van der Waals surface area (Å²) in [5.41, 5.74) is 1.49. The van der Waals surface area contributed by atoms with Crippen LogP contribution in [0.25, 0.3) is 0 Å². The fourth-order valence-electron chi connectivity index (χ4n) is 5.90. The minimum absolute atomic E-state index is 0.0855. The Kier molecular flexibility index (Phi) is 10.7. The van der Waals surface area contributed by atoms with Gasteiger partial charge in [-0.05, 0) is 63.3 Å². The maximum atomic E-state index is 13.8. The number of rotatable bonds is 12. The molecule has 0 saturated carbocycles. The van der Waals surface area contributed by atoms with E-state index >= 15 is 0 Å². The van der Waals surface area contributed by atoms with Crippen molar-refractivity contribution in [1.82, 2.24) is 20.4 Å². The van der Waals surface area contributed by atoms with E-state index in [1.54, 1.807) is 17.0 Å². The number of benzene rings is 1. The number of amides is 4. The molecule has 2 fully saturated rings. The summed E-state index contributed by atoms with van der Waals surface area (Å²) in [6.45, 7) is 13.4. The maximum Gasteiger partial charge on any atom is 0.251 e. The van der Waals surface area contributed by atoms with Crippen LogP contribution >= 0.6 is 0 Å². The highest BCUT2D eigenvalue weighted by Crippen LogP contribution is 2.31. The van der Waals surface area contributed by atoms with E-state index in [-0.39, 0.29) is 41.9 Å². The van der Waals surface area contributed by atoms with Crippen LogP contribution in [0.4, 0.5) is 5.69 Å². The first-order valence-electron chi connectivity index (χ1n) is 14.6. The van der Waals surface area contributed by atoms with Crippen molar-refractivity contribution in [2.24, 2.45) is 5.92 Å². The molecule has 10 nitrogen and oxygen atoms in total. The monoisotopic (exact) mass is 555 g/mol. The zero-order chi connectivity index (χ0) is 29.6. The molecule has 40 heavy (non-hydrogen) atoms. The van der Waals surface area contributed by atoms with Crippen LogP contribution in [0.1, 0.15) is 77.6 Å². The van der Waals surface area contributed by atoms with Gasteiger partial charge in [-0.1, -0.05) is 27.2 Å². The second kappa shape index (κ2) is 13.8. The van der Waals surface area contributed by atoms with Gasteiger partial charge in [0.25, 0.3) is 5.91 Å². The minimum Gasteiger partial charge on any atom is -0.372 e. The number of Topliss-reactive ketones (excluding diaryl/α,β-unsaturated/α-hetero) is 1. The highest BCUT2D eigenvalue weighted by atomic mass is 16.2. The molecule has 1 aromatic carbocycles. The number of carbonyl (C=O) groups excluding carboxylic acids is 5. The van der Waals surface area contributed by atoms with Gasteiger partial charge in [-0.2, -0.15) is 0 Å². The second-order valence-electron chi connectivity index (χ2n) is 11.2. The van der Waals surface area contributed by atoms with Crippen molar-refractivity contribution < 1.29 is 24.0 Å². The van der Waals surface area contributed by atoms with Gasteiger partial charge in [0, 0.05) is 37.8 Å². The summed E-state index contributed by atoms with van der Waals surface area (Å²) < 4.78 is 0. The molecule has 2 aliphatic rings. The van der Waals surface area contributed by atoms with E-state index in [0.29, 0.717) is 37.8 Å². The Balaban J connectivity index is 1.75. The van der Waals surface area contributed by atoms with Gasteiger partial charge in [0.05, 0.1) is 12.6 Å². The lowest BCUT2D eigenvalue weighted by Gasteiger charge is -2.30. The molecule has 1 aromatic rings. The number of anilines is 1. The average Bonchev–Trinajstić information content (AvgIpc) is 3.49. The number of fused-ring (bicyclic) bond motifs is 1. The molecule has 0 bridgehead atoms.